The molecule has 0 radical (unpaired) electrons. The first-order valence-corrected chi connectivity index (χ1v) is 9.23. The molecule has 3 rings (SSSR count). The van der Waals surface area contributed by atoms with Crippen LogP contribution < -0.4 is 5.43 Å². The Kier molecular flexibility index (Phi) is 5.27. The third-order valence-electron chi connectivity index (χ3n) is 3.39. The number of aryl methyl sites for hydroxylation is 1. The first-order valence-electron chi connectivity index (χ1n) is 7.53. The molecule has 4 nitrogen and oxygen atoms in total. The number of aromatic nitrogens is 1. The van der Waals surface area contributed by atoms with Crippen LogP contribution in [-0.4, -0.2) is 22.4 Å². The van der Waals surface area contributed by atoms with Crippen molar-refractivity contribution in [2.75, 3.05) is 0 Å². The van der Waals surface area contributed by atoms with E-state index in [9.17, 15) is 4.79 Å². The van der Waals surface area contributed by atoms with Crippen molar-refractivity contribution in [3.8, 4) is 0 Å². The molecule has 0 saturated carbocycles. The number of fused-ring (bicyclic) bond motifs is 1. The number of hydrogen-bond donors (Lipinski definition) is 1. The molecule has 1 atom stereocenters. The summed E-state index contributed by atoms with van der Waals surface area (Å²) in [6.45, 7) is 3.89. The number of nitrogens with one attached hydrogen (secondary N) is 1. The van der Waals surface area contributed by atoms with Gasteiger partial charge in [0.25, 0.3) is 5.91 Å². The summed E-state index contributed by atoms with van der Waals surface area (Å²) in [7, 11) is 0. The molecule has 0 aliphatic heterocycles. The lowest BCUT2D eigenvalue weighted by Gasteiger charge is -2.06. The van der Waals surface area contributed by atoms with E-state index in [0.717, 1.165) is 20.1 Å². The van der Waals surface area contributed by atoms with Crippen LogP contribution in [0.4, 0.5) is 0 Å². The third kappa shape index (κ3) is 4.21. The van der Waals surface area contributed by atoms with Gasteiger partial charge in [0.2, 0.25) is 0 Å². The van der Waals surface area contributed by atoms with Crippen LogP contribution in [0.25, 0.3) is 10.2 Å². The molecule has 0 bridgehead atoms. The monoisotopic (exact) mass is 355 g/mol. The van der Waals surface area contributed by atoms with Crippen molar-refractivity contribution in [2.24, 2.45) is 5.10 Å². The fourth-order valence-electron chi connectivity index (χ4n) is 2.02. The lowest BCUT2D eigenvalue weighted by atomic mass is 10.2. The number of carbonyl (C=O) groups excluding carboxylic acids is 1. The van der Waals surface area contributed by atoms with E-state index >= 15 is 0 Å². The van der Waals surface area contributed by atoms with Crippen LogP contribution in [0.5, 0.6) is 0 Å². The summed E-state index contributed by atoms with van der Waals surface area (Å²) in [5.41, 5.74) is 5.70. The number of amides is 1. The van der Waals surface area contributed by atoms with E-state index in [1.54, 1.807) is 17.6 Å². The van der Waals surface area contributed by atoms with E-state index in [1.807, 2.05) is 62.4 Å². The molecule has 0 unspecified atom stereocenters. The van der Waals surface area contributed by atoms with E-state index in [1.165, 1.54) is 17.3 Å². The number of hydrogen-bond acceptors (Lipinski definition) is 5. The van der Waals surface area contributed by atoms with Crippen LogP contribution in [0.1, 0.15) is 18.1 Å². The Hall–Kier alpha value is -2.18. The highest BCUT2D eigenvalue weighted by molar-refractivity contribution is 8.02. The molecule has 24 heavy (non-hydrogen) atoms. The number of para-hydroxylation sites is 1. The molecule has 0 aliphatic carbocycles. The van der Waals surface area contributed by atoms with Gasteiger partial charge in [0.1, 0.15) is 0 Å². The van der Waals surface area contributed by atoms with Gasteiger partial charge in [0, 0.05) is 0 Å². The zero-order chi connectivity index (χ0) is 16.9. The number of nitrogens with zero attached hydrogens (tertiary/aromatic N) is 2. The second-order valence-electron chi connectivity index (χ2n) is 5.35. The predicted molar refractivity (Wildman–Crippen MR) is 102 cm³/mol. The maximum absolute atomic E-state index is 12.1. The SMILES string of the molecule is Cc1ccc(/C=N\NC(=O)[C@H](C)Sc2nc3ccccc3s2)cc1. The van der Waals surface area contributed by atoms with Gasteiger partial charge in [-0.3, -0.25) is 4.79 Å². The van der Waals surface area contributed by atoms with E-state index in [2.05, 4.69) is 15.5 Å². The van der Waals surface area contributed by atoms with Crippen LogP contribution in [-0.2, 0) is 4.79 Å². The molecule has 1 N–H and O–H groups in total. The van der Waals surface area contributed by atoms with Gasteiger partial charge >= 0.3 is 0 Å². The van der Waals surface area contributed by atoms with Gasteiger partial charge in [0.15, 0.2) is 4.34 Å². The van der Waals surface area contributed by atoms with Crippen molar-refractivity contribution in [1.29, 1.82) is 0 Å². The van der Waals surface area contributed by atoms with Crippen molar-refractivity contribution in [1.82, 2.24) is 10.4 Å². The van der Waals surface area contributed by atoms with Gasteiger partial charge in [-0.2, -0.15) is 5.10 Å². The maximum Gasteiger partial charge on any atom is 0.253 e. The van der Waals surface area contributed by atoms with E-state index in [4.69, 9.17) is 0 Å². The molecular formula is C18H17N3OS2. The van der Waals surface area contributed by atoms with E-state index in [-0.39, 0.29) is 11.2 Å². The second kappa shape index (κ2) is 7.59. The largest absolute Gasteiger partial charge is 0.272 e. The van der Waals surface area contributed by atoms with Crippen molar-refractivity contribution in [3.63, 3.8) is 0 Å². The Bertz CT molecular complexity index is 838. The normalized spacial score (nSPS) is 12.6. The average Bonchev–Trinajstić information content (AvgIpc) is 2.98. The number of thiazole rings is 1. The maximum atomic E-state index is 12.1. The lowest BCUT2D eigenvalue weighted by molar-refractivity contribution is -0.120. The minimum atomic E-state index is -0.263. The first kappa shape index (κ1) is 16.7. The van der Waals surface area contributed by atoms with Crippen LogP contribution in [0.2, 0.25) is 0 Å². The highest BCUT2D eigenvalue weighted by Crippen LogP contribution is 2.31. The van der Waals surface area contributed by atoms with Crippen molar-refractivity contribution in [2.45, 2.75) is 23.4 Å². The standard InChI is InChI=1S/C18H17N3OS2/c1-12-7-9-14(10-8-12)11-19-21-17(22)13(2)23-18-20-15-5-3-4-6-16(15)24-18/h3-11,13H,1-2H3,(H,21,22)/b19-11-/t13-/m0/s1. The van der Waals surface area contributed by atoms with Crippen molar-refractivity contribution < 1.29 is 4.79 Å². The fraction of sp³-hybridized carbons (Fsp3) is 0.167. The molecule has 1 aromatic heterocycles. The van der Waals surface area contributed by atoms with E-state index < -0.39 is 0 Å². The highest BCUT2D eigenvalue weighted by atomic mass is 32.2. The van der Waals surface area contributed by atoms with Gasteiger partial charge in [-0.05, 0) is 31.5 Å². The Morgan fingerprint density at radius 2 is 2.00 bits per heavy atom. The van der Waals surface area contributed by atoms with Crippen LogP contribution in [0, 0.1) is 6.92 Å². The van der Waals surface area contributed by atoms with Crippen molar-refractivity contribution in [3.05, 3.63) is 59.7 Å². The van der Waals surface area contributed by atoms with Gasteiger partial charge in [0.05, 0.1) is 21.7 Å². The molecular weight excluding hydrogens is 338 g/mol. The summed E-state index contributed by atoms with van der Waals surface area (Å²) < 4.78 is 2.02. The Labute approximate surface area is 149 Å². The molecule has 0 fully saturated rings. The Balaban J connectivity index is 1.57. The number of hydrazone groups is 1. The number of carbonyl (C=O) groups is 1. The fourth-order valence-corrected chi connectivity index (χ4v) is 4.23. The molecule has 3 aromatic rings. The molecule has 0 aliphatic rings. The third-order valence-corrected chi connectivity index (χ3v) is 5.62. The quantitative estimate of drug-likeness (QED) is 0.423. The van der Waals surface area contributed by atoms with Gasteiger partial charge < -0.3 is 0 Å². The van der Waals surface area contributed by atoms with Crippen LogP contribution in [0.3, 0.4) is 0 Å². The topological polar surface area (TPSA) is 54.4 Å². The summed E-state index contributed by atoms with van der Waals surface area (Å²) in [6, 6.07) is 15.9. The minimum absolute atomic E-state index is 0.136. The Morgan fingerprint density at radius 3 is 2.75 bits per heavy atom. The van der Waals surface area contributed by atoms with Gasteiger partial charge in [-0.15, -0.1) is 11.3 Å². The minimum Gasteiger partial charge on any atom is -0.272 e. The summed E-state index contributed by atoms with van der Waals surface area (Å²) in [5.74, 6) is -0.136. The van der Waals surface area contributed by atoms with Crippen LogP contribution in [0.15, 0.2) is 58.0 Å². The molecule has 0 saturated heterocycles. The average molecular weight is 355 g/mol. The number of rotatable bonds is 5. The molecule has 0 spiro atoms. The summed E-state index contributed by atoms with van der Waals surface area (Å²) >= 11 is 3.05. The molecule has 122 valence electrons. The molecule has 2 aromatic carbocycles. The summed E-state index contributed by atoms with van der Waals surface area (Å²) in [5, 5.41) is 3.76. The van der Waals surface area contributed by atoms with Crippen LogP contribution >= 0.6 is 23.1 Å². The van der Waals surface area contributed by atoms with Gasteiger partial charge in [-0.25, -0.2) is 10.4 Å². The predicted octanol–water partition coefficient (Wildman–Crippen LogP) is 4.24. The van der Waals surface area contributed by atoms with Gasteiger partial charge in [-0.1, -0.05) is 53.7 Å². The first-order chi connectivity index (χ1) is 11.6. The van der Waals surface area contributed by atoms with Crippen molar-refractivity contribution >= 4 is 45.4 Å². The lowest BCUT2D eigenvalue weighted by Crippen LogP contribution is -2.26. The number of thioether (sulfide) groups is 1. The molecule has 6 heteroatoms. The smallest absolute Gasteiger partial charge is 0.253 e. The zero-order valence-electron chi connectivity index (χ0n) is 13.4. The number of benzene rings is 2. The second-order valence-corrected chi connectivity index (χ2v) is 7.97. The zero-order valence-corrected chi connectivity index (χ0v) is 15.0. The summed E-state index contributed by atoms with van der Waals surface area (Å²) in [4.78, 5) is 16.7. The molecule has 1 heterocycles. The van der Waals surface area contributed by atoms with E-state index in [0.29, 0.717) is 0 Å². The molecule has 1 amide bonds. The Morgan fingerprint density at radius 1 is 1.25 bits per heavy atom. The summed E-state index contributed by atoms with van der Waals surface area (Å²) in [6.07, 6.45) is 1.65. The highest BCUT2D eigenvalue weighted by Gasteiger charge is 2.16.